The maximum Gasteiger partial charge on any atom is 0.140 e. The first-order chi connectivity index (χ1) is 9.70. The molecule has 0 spiro atoms. The number of aliphatic hydroxyl groups excluding tert-OH is 1. The molecule has 1 saturated carbocycles. The van der Waals surface area contributed by atoms with Crippen molar-refractivity contribution < 1.29 is 5.11 Å². The molecule has 1 aromatic rings. The fourth-order valence-corrected chi connectivity index (χ4v) is 3.02. The van der Waals surface area contributed by atoms with Crippen LogP contribution >= 0.6 is 0 Å². The Balaban J connectivity index is 1.91. The van der Waals surface area contributed by atoms with E-state index in [-0.39, 0.29) is 6.61 Å². The number of nitrogens with zero attached hydrogens (tertiary/aromatic N) is 3. The lowest BCUT2D eigenvalue weighted by Gasteiger charge is -2.24. The van der Waals surface area contributed by atoms with E-state index in [1.807, 2.05) is 4.68 Å². The molecule has 20 heavy (non-hydrogen) atoms. The summed E-state index contributed by atoms with van der Waals surface area (Å²) in [6, 6.07) is 0.409. The van der Waals surface area contributed by atoms with Gasteiger partial charge in [-0.2, -0.15) is 5.10 Å². The van der Waals surface area contributed by atoms with Crippen LogP contribution in [-0.4, -0.2) is 32.5 Å². The Kier molecular flexibility index (Phi) is 5.98. The number of hydrogen-bond acceptors (Lipinski definition) is 4. The third kappa shape index (κ3) is 4.28. The smallest absolute Gasteiger partial charge is 0.140 e. The van der Waals surface area contributed by atoms with Crippen molar-refractivity contribution in [1.29, 1.82) is 0 Å². The summed E-state index contributed by atoms with van der Waals surface area (Å²) in [7, 11) is 0. The SMILES string of the molecule is CC(C)Cn1ncnc1CNC1CCCCCC1CO. The van der Waals surface area contributed by atoms with E-state index in [9.17, 15) is 5.11 Å². The van der Waals surface area contributed by atoms with E-state index in [4.69, 9.17) is 0 Å². The number of nitrogens with one attached hydrogen (secondary N) is 1. The van der Waals surface area contributed by atoms with Gasteiger partial charge < -0.3 is 10.4 Å². The molecule has 2 rings (SSSR count). The highest BCUT2D eigenvalue weighted by molar-refractivity contribution is 4.87. The van der Waals surface area contributed by atoms with Gasteiger partial charge in [-0.3, -0.25) is 0 Å². The van der Waals surface area contributed by atoms with Gasteiger partial charge in [0.05, 0.1) is 6.54 Å². The van der Waals surface area contributed by atoms with E-state index < -0.39 is 0 Å². The van der Waals surface area contributed by atoms with Crippen LogP contribution in [-0.2, 0) is 13.1 Å². The van der Waals surface area contributed by atoms with Gasteiger partial charge in [-0.15, -0.1) is 0 Å². The molecule has 0 aliphatic heterocycles. The molecule has 2 atom stereocenters. The van der Waals surface area contributed by atoms with Crippen LogP contribution in [0.15, 0.2) is 6.33 Å². The van der Waals surface area contributed by atoms with Crippen molar-refractivity contribution in [3.8, 4) is 0 Å². The summed E-state index contributed by atoms with van der Waals surface area (Å²) in [4.78, 5) is 4.35. The van der Waals surface area contributed by atoms with Gasteiger partial charge >= 0.3 is 0 Å². The minimum absolute atomic E-state index is 0.288. The summed E-state index contributed by atoms with van der Waals surface area (Å²) in [5.74, 6) is 1.96. The molecular formula is C15H28N4O. The maximum atomic E-state index is 9.54. The molecule has 0 aromatic carbocycles. The molecule has 2 N–H and O–H groups in total. The highest BCUT2D eigenvalue weighted by Crippen LogP contribution is 2.23. The van der Waals surface area contributed by atoms with Gasteiger partial charge in [0.15, 0.2) is 0 Å². The molecule has 1 aliphatic rings. The Bertz CT molecular complexity index is 391. The van der Waals surface area contributed by atoms with Gasteiger partial charge in [-0.1, -0.05) is 33.1 Å². The largest absolute Gasteiger partial charge is 0.396 e. The fourth-order valence-electron chi connectivity index (χ4n) is 3.02. The molecule has 1 heterocycles. The second kappa shape index (κ2) is 7.74. The summed E-state index contributed by atoms with van der Waals surface area (Å²) in [6.45, 7) is 6.31. The molecule has 1 aliphatic carbocycles. The average Bonchev–Trinajstić information content (AvgIpc) is 2.72. The van der Waals surface area contributed by atoms with Crippen molar-refractivity contribution in [3.05, 3.63) is 12.2 Å². The third-order valence-corrected chi connectivity index (χ3v) is 4.15. The van der Waals surface area contributed by atoms with E-state index >= 15 is 0 Å². The molecule has 0 saturated heterocycles. The van der Waals surface area contributed by atoms with Gasteiger partial charge in [0.1, 0.15) is 12.2 Å². The predicted octanol–water partition coefficient (Wildman–Crippen LogP) is 1.96. The first-order valence-corrected chi connectivity index (χ1v) is 7.91. The van der Waals surface area contributed by atoms with Gasteiger partial charge in [0.25, 0.3) is 0 Å². The monoisotopic (exact) mass is 280 g/mol. The van der Waals surface area contributed by atoms with Crippen molar-refractivity contribution in [2.24, 2.45) is 11.8 Å². The molecule has 0 amide bonds. The van der Waals surface area contributed by atoms with E-state index in [0.717, 1.165) is 31.8 Å². The third-order valence-electron chi connectivity index (χ3n) is 4.15. The number of aromatic nitrogens is 3. The van der Waals surface area contributed by atoms with Crippen LogP contribution in [0.5, 0.6) is 0 Å². The Morgan fingerprint density at radius 2 is 2.15 bits per heavy atom. The molecule has 1 fully saturated rings. The molecule has 1 aromatic heterocycles. The zero-order valence-corrected chi connectivity index (χ0v) is 12.8. The van der Waals surface area contributed by atoms with Crippen LogP contribution in [0.1, 0.15) is 51.8 Å². The number of hydrogen-bond donors (Lipinski definition) is 2. The molecule has 5 heteroatoms. The van der Waals surface area contributed by atoms with Crippen molar-refractivity contribution in [2.45, 2.75) is 65.1 Å². The highest BCUT2D eigenvalue weighted by atomic mass is 16.3. The standard InChI is InChI=1S/C15H28N4O/c1-12(2)9-19-15(17-11-18-19)8-16-14-7-5-3-4-6-13(14)10-20/h11-14,16,20H,3-10H2,1-2H3. The first kappa shape index (κ1) is 15.4. The zero-order chi connectivity index (χ0) is 14.4. The predicted molar refractivity (Wildman–Crippen MR) is 79.1 cm³/mol. The zero-order valence-electron chi connectivity index (χ0n) is 12.8. The van der Waals surface area contributed by atoms with Crippen LogP contribution < -0.4 is 5.32 Å². The summed E-state index contributed by atoms with van der Waals surface area (Å²) >= 11 is 0. The van der Waals surface area contributed by atoms with Gasteiger partial charge in [0.2, 0.25) is 0 Å². The van der Waals surface area contributed by atoms with Crippen molar-refractivity contribution in [3.63, 3.8) is 0 Å². The van der Waals surface area contributed by atoms with Crippen molar-refractivity contribution in [2.75, 3.05) is 6.61 Å². The molecule has 2 unspecified atom stereocenters. The normalized spacial score (nSPS) is 24.0. The topological polar surface area (TPSA) is 63.0 Å². The Morgan fingerprint density at radius 1 is 1.35 bits per heavy atom. The second-order valence-electron chi connectivity index (χ2n) is 6.32. The van der Waals surface area contributed by atoms with Crippen LogP contribution in [0.4, 0.5) is 0 Å². The second-order valence-corrected chi connectivity index (χ2v) is 6.32. The van der Waals surface area contributed by atoms with Crippen LogP contribution in [0.25, 0.3) is 0 Å². The number of rotatable bonds is 6. The highest BCUT2D eigenvalue weighted by Gasteiger charge is 2.23. The first-order valence-electron chi connectivity index (χ1n) is 7.91. The Labute approximate surface area is 121 Å². The molecule has 5 nitrogen and oxygen atoms in total. The van der Waals surface area contributed by atoms with E-state index in [1.54, 1.807) is 6.33 Å². The van der Waals surface area contributed by atoms with Crippen molar-refractivity contribution in [1.82, 2.24) is 20.1 Å². The van der Waals surface area contributed by atoms with E-state index in [2.05, 4.69) is 29.2 Å². The van der Waals surface area contributed by atoms with Gasteiger partial charge in [-0.25, -0.2) is 9.67 Å². The summed E-state index contributed by atoms with van der Waals surface area (Å²) in [5.41, 5.74) is 0. The molecular weight excluding hydrogens is 252 g/mol. The lowest BCUT2D eigenvalue weighted by Crippen LogP contribution is -2.37. The Morgan fingerprint density at radius 3 is 2.90 bits per heavy atom. The minimum atomic E-state index is 0.288. The average molecular weight is 280 g/mol. The molecule has 114 valence electrons. The Hall–Kier alpha value is -0.940. The lowest BCUT2D eigenvalue weighted by atomic mass is 9.96. The maximum absolute atomic E-state index is 9.54. The van der Waals surface area contributed by atoms with E-state index in [0.29, 0.717) is 17.9 Å². The summed E-state index contributed by atoms with van der Waals surface area (Å²) in [6.07, 6.45) is 7.71. The minimum Gasteiger partial charge on any atom is -0.396 e. The van der Waals surface area contributed by atoms with Crippen molar-refractivity contribution >= 4 is 0 Å². The number of aliphatic hydroxyl groups is 1. The van der Waals surface area contributed by atoms with Gasteiger partial charge in [0, 0.05) is 19.2 Å². The lowest BCUT2D eigenvalue weighted by molar-refractivity contribution is 0.180. The van der Waals surface area contributed by atoms with Gasteiger partial charge in [-0.05, 0) is 24.7 Å². The molecule has 0 radical (unpaired) electrons. The van der Waals surface area contributed by atoms with Crippen LogP contribution in [0.2, 0.25) is 0 Å². The quantitative estimate of drug-likeness (QED) is 0.782. The summed E-state index contributed by atoms with van der Waals surface area (Å²) in [5, 5.41) is 17.4. The fraction of sp³-hybridized carbons (Fsp3) is 0.867. The molecule has 0 bridgehead atoms. The van der Waals surface area contributed by atoms with Crippen LogP contribution in [0, 0.1) is 11.8 Å². The summed E-state index contributed by atoms with van der Waals surface area (Å²) < 4.78 is 1.99. The van der Waals surface area contributed by atoms with E-state index in [1.165, 1.54) is 19.3 Å². The van der Waals surface area contributed by atoms with Crippen LogP contribution in [0.3, 0.4) is 0 Å².